The molecule has 0 heterocycles. The molecule has 0 radical (unpaired) electrons. The van der Waals surface area contributed by atoms with E-state index in [0.29, 0.717) is 12.8 Å². The van der Waals surface area contributed by atoms with Gasteiger partial charge < -0.3 is 10.4 Å². The van der Waals surface area contributed by atoms with Gasteiger partial charge in [0.15, 0.2) is 0 Å². The lowest BCUT2D eigenvalue weighted by molar-refractivity contribution is -0.127. The highest BCUT2D eigenvalue weighted by atomic mass is 16.3. The van der Waals surface area contributed by atoms with Crippen molar-refractivity contribution in [1.82, 2.24) is 5.32 Å². The van der Waals surface area contributed by atoms with Crippen LogP contribution in [0, 0.1) is 11.3 Å². The maximum Gasteiger partial charge on any atom is 0.224 e. The normalized spacial score (nSPS) is 25.4. The summed E-state index contributed by atoms with van der Waals surface area (Å²) >= 11 is 0. The molecule has 2 rings (SSSR count). The average molecular weight is 236 g/mol. The molecule has 2 N–H and O–H groups in total. The van der Waals surface area contributed by atoms with Crippen LogP contribution < -0.4 is 5.32 Å². The van der Waals surface area contributed by atoms with E-state index in [-0.39, 0.29) is 12.3 Å². The van der Waals surface area contributed by atoms with Crippen molar-refractivity contribution < 1.29 is 9.90 Å². The molecule has 2 saturated carbocycles. The Kier molecular flexibility index (Phi) is 3.39. The Labute approximate surface area is 102 Å². The lowest BCUT2D eigenvalue weighted by Crippen LogP contribution is -2.47. The van der Waals surface area contributed by atoms with Gasteiger partial charge in [0.2, 0.25) is 5.91 Å². The monoisotopic (exact) mass is 236 g/mol. The Morgan fingerprint density at radius 2 is 1.71 bits per heavy atom. The van der Waals surface area contributed by atoms with E-state index in [1.54, 1.807) is 0 Å². The first kappa shape index (κ1) is 12.4. The number of carbonyl (C=O) groups excluding carboxylic acids is 1. The van der Waals surface area contributed by atoms with Gasteiger partial charge in [-0.05, 0) is 38.5 Å². The molecule has 0 spiro atoms. The number of hydrogen-bond donors (Lipinski definition) is 2. The van der Waals surface area contributed by atoms with Crippen molar-refractivity contribution in [2.24, 2.45) is 0 Å². The number of rotatable bonds is 3. The van der Waals surface area contributed by atoms with E-state index in [4.69, 9.17) is 5.26 Å². The summed E-state index contributed by atoms with van der Waals surface area (Å²) < 4.78 is 0. The van der Waals surface area contributed by atoms with Crippen LogP contribution >= 0.6 is 0 Å². The second-order valence-corrected chi connectivity index (χ2v) is 5.56. The van der Waals surface area contributed by atoms with Gasteiger partial charge in [-0.1, -0.05) is 12.8 Å². The summed E-state index contributed by atoms with van der Waals surface area (Å²) in [5, 5.41) is 22.1. The van der Waals surface area contributed by atoms with Crippen molar-refractivity contribution >= 4 is 5.91 Å². The number of aliphatic hydroxyl groups is 1. The molecule has 0 aromatic carbocycles. The average Bonchev–Trinajstić information content (AvgIpc) is 2.88. The molecule has 2 aliphatic rings. The van der Waals surface area contributed by atoms with Crippen molar-refractivity contribution in [3.63, 3.8) is 0 Å². The van der Waals surface area contributed by atoms with Crippen LogP contribution in [-0.2, 0) is 4.79 Å². The van der Waals surface area contributed by atoms with Crippen molar-refractivity contribution in [2.75, 3.05) is 0 Å². The van der Waals surface area contributed by atoms with Gasteiger partial charge in [0.05, 0.1) is 18.1 Å². The van der Waals surface area contributed by atoms with Crippen LogP contribution in [0.3, 0.4) is 0 Å². The molecule has 4 heteroatoms. The van der Waals surface area contributed by atoms with E-state index < -0.39 is 11.1 Å². The smallest absolute Gasteiger partial charge is 0.224 e. The Bertz CT molecular complexity index is 334. The Hall–Kier alpha value is -1.08. The Balaban J connectivity index is 1.90. The van der Waals surface area contributed by atoms with Crippen LogP contribution in [0.25, 0.3) is 0 Å². The van der Waals surface area contributed by atoms with Crippen molar-refractivity contribution in [1.29, 1.82) is 5.26 Å². The molecule has 94 valence electrons. The number of hydrogen-bond acceptors (Lipinski definition) is 3. The van der Waals surface area contributed by atoms with Gasteiger partial charge >= 0.3 is 0 Å². The number of carbonyl (C=O) groups is 1. The zero-order valence-electron chi connectivity index (χ0n) is 10.2. The minimum Gasteiger partial charge on any atom is -0.389 e. The first-order chi connectivity index (χ1) is 8.08. The van der Waals surface area contributed by atoms with Gasteiger partial charge in [-0.15, -0.1) is 0 Å². The second kappa shape index (κ2) is 4.66. The summed E-state index contributed by atoms with van der Waals surface area (Å²) in [7, 11) is 0. The summed E-state index contributed by atoms with van der Waals surface area (Å²) in [6, 6.07) is 2.23. The Morgan fingerprint density at radius 1 is 1.18 bits per heavy atom. The Morgan fingerprint density at radius 3 is 2.24 bits per heavy atom. The van der Waals surface area contributed by atoms with Gasteiger partial charge in [0.1, 0.15) is 5.54 Å². The van der Waals surface area contributed by atoms with E-state index in [2.05, 4.69) is 11.4 Å². The minimum absolute atomic E-state index is 0.149. The van der Waals surface area contributed by atoms with E-state index in [1.807, 2.05) is 0 Å². The van der Waals surface area contributed by atoms with Crippen LogP contribution in [0.1, 0.15) is 57.8 Å². The zero-order valence-corrected chi connectivity index (χ0v) is 10.2. The predicted octanol–water partition coefficient (Wildman–Crippen LogP) is 1.63. The quantitative estimate of drug-likeness (QED) is 0.782. The van der Waals surface area contributed by atoms with E-state index in [1.165, 1.54) is 0 Å². The topological polar surface area (TPSA) is 73.1 Å². The zero-order chi connectivity index (χ0) is 12.4. The standard InChI is InChI=1S/C13H20N2O2/c14-10-12(5-1-2-6-12)15-11(16)9-13(17)7-3-4-8-13/h17H,1-9H2,(H,15,16). The van der Waals surface area contributed by atoms with Crippen LogP contribution in [0.5, 0.6) is 0 Å². The van der Waals surface area contributed by atoms with Crippen LogP contribution in [0.4, 0.5) is 0 Å². The first-order valence-corrected chi connectivity index (χ1v) is 6.52. The molecule has 0 unspecified atom stereocenters. The molecule has 0 aromatic rings. The van der Waals surface area contributed by atoms with Crippen molar-refractivity contribution in [3.05, 3.63) is 0 Å². The van der Waals surface area contributed by atoms with E-state index in [0.717, 1.165) is 38.5 Å². The van der Waals surface area contributed by atoms with Gasteiger partial charge in [-0.25, -0.2) is 0 Å². The molecule has 4 nitrogen and oxygen atoms in total. The number of nitrogens with zero attached hydrogens (tertiary/aromatic N) is 1. The fourth-order valence-corrected chi connectivity index (χ4v) is 3.06. The molecule has 0 atom stereocenters. The molecular weight excluding hydrogens is 216 g/mol. The van der Waals surface area contributed by atoms with Gasteiger partial charge in [0, 0.05) is 0 Å². The van der Waals surface area contributed by atoms with Crippen LogP contribution in [0.2, 0.25) is 0 Å². The lowest BCUT2D eigenvalue weighted by atomic mass is 9.95. The molecule has 0 bridgehead atoms. The van der Waals surface area contributed by atoms with Crippen molar-refractivity contribution in [2.45, 2.75) is 68.9 Å². The van der Waals surface area contributed by atoms with E-state index >= 15 is 0 Å². The van der Waals surface area contributed by atoms with Gasteiger partial charge in [-0.2, -0.15) is 5.26 Å². The summed E-state index contributed by atoms with van der Waals surface area (Å²) in [4.78, 5) is 11.9. The fraction of sp³-hybridized carbons (Fsp3) is 0.846. The third kappa shape index (κ3) is 2.78. The molecular formula is C13H20N2O2. The SMILES string of the molecule is N#CC1(NC(=O)CC2(O)CCCC2)CCCC1. The summed E-state index contributed by atoms with van der Waals surface area (Å²) in [6.07, 6.45) is 7.04. The molecule has 0 aliphatic heterocycles. The maximum atomic E-state index is 11.9. The molecule has 1 amide bonds. The molecule has 0 saturated heterocycles. The number of amides is 1. The van der Waals surface area contributed by atoms with Gasteiger partial charge in [-0.3, -0.25) is 4.79 Å². The highest BCUT2D eigenvalue weighted by molar-refractivity contribution is 5.78. The first-order valence-electron chi connectivity index (χ1n) is 6.52. The number of nitrogens with one attached hydrogen (secondary N) is 1. The van der Waals surface area contributed by atoms with E-state index in [9.17, 15) is 9.90 Å². The van der Waals surface area contributed by atoms with Crippen molar-refractivity contribution in [3.8, 4) is 6.07 Å². The molecule has 0 aromatic heterocycles. The minimum atomic E-state index is -0.820. The maximum absolute atomic E-state index is 11.9. The third-order valence-electron chi connectivity index (χ3n) is 4.07. The summed E-state index contributed by atoms with van der Waals surface area (Å²) in [5.74, 6) is -0.169. The second-order valence-electron chi connectivity index (χ2n) is 5.56. The molecule has 2 aliphatic carbocycles. The third-order valence-corrected chi connectivity index (χ3v) is 4.07. The number of nitriles is 1. The lowest BCUT2D eigenvalue weighted by Gasteiger charge is -2.26. The van der Waals surface area contributed by atoms with Crippen LogP contribution in [-0.4, -0.2) is 22.2 Å². The summed E-state index contributed by atoms with van der Waals surface area (Å²) in [6.45, 7) is 0. The molecule has 2 fully saturated rings. The highest BCUT2D eigenvalue weighted by Crippen LogP contribution is 2.33. The predicted molar refractivity (Wildman–Crippen MR) is 63.0 cm³/mol. The van der Waals surface area contributed by atoms with Gasteiger partial charge in [0.25, 0.3) is 0 Å². The fourth-order valence-electron chi connectivity index (χ4n) is 3.06. The highest BCUT2D eigenvalue weighted by Gasteiger charge is 2.38. The van der Waals surface area contributed by atoms with Crippen LogP contribution in [0.15, 0.2) is 0 Å². The largest absolute Gasteiger partial charge is 0.389 e. The molecule has 17 heavy (non-hydrogen) atoms. The summed E-state index contributed by atoms with van der Waals surface area (Å²) in [5.41, 5.74) is -1.48.